The van der Waals surface area contributed by atoms with Crippen molar-refractivity contribution in [3.63, 3.8) is 0 Å². The van der Waals surface area contributed by atoms with Gasteiger partial charge in [0.1, 0.15) is 0 Å². The van der Waals surface area contributed by atoms with Gasteiger partial charge in [0.05, 0.1) is 0 Å². The summed E-state index contributed by atoms with van der Waals surface area (Å²) in [7, 11) is 1.98. The van der Waals surface area contributed by atoms with E-state index >= 15 is 0 Å². The Bertz CT molecular complexity index is 59.1. The molecule has 0 spiro atoms. The van der Waals surface area contributed by atoms with E-state index in [1.54, 1.807) is 0 Å². The zero-order valence-corrected chi connectivity index (χ0v) is 4.89. The largest absolute Gasteiger partial charge is 0.403 e. The van der Waals surface area contributed by atoms with E-state index in [0.717, 1.165) is 6.54 Å². The monoisotopic (exact) mass is 100 g/mol. The first-order chi connectivity index (χ1) is 3.31. The molecule has 0 aliphatic carbocycles. The van der Waals surface area contributed by atoms with Crippen molar-refractivity contribution in [1.82, 2.24) is 4.90 Å². The standard InChI is InChI=1S/C5H12N2/c1-3-7(2)5-4-6/h4-5H,3,6H2,1-2H3/b5-4-. The Morgan fingerprint density at radius 1 is 1.71 bits per heavy atom. The Morgan fingerprint density at radius 2 is 2.29 bits per heavy atom. The van der Waals surface area contributed by atoms with Crippen LogP contribution in [0.1, 0.15) is 6.92 Å². The lowest BCUT2D eigenvalue weighted by Crippen LogP contribution is -2.08. The van der Waals surface area contributed by atoms with Crippen LogP contribution in [0.3, 0.4) is 0 Å². The molecule has 0 fully saturated rings. The van der Waals surface area contributed by atoms with Gasteiger partial charge in [-0.1, -0.05) is 0 Å². The average molecular weight is 100 g/mol. The molecule has 2 N–H and O–H groups in total. The van der Waals surface area contributed by atoms with Crippen molar-refractivity contribution >= 4 is 0 Å². The van der Waals surface area contributed by atoms with Gasteiger partial charge < -0.3 is 10.6 Å². The Labute approximate surface area is 44.6 Å². The Kier molecular flexibility index (Phi) is 3.19. The molecule has 0 aliphatic rings. The fraction of sp³-hybridized carbons (Fsp3) is 0.600. The smallest absolute Gasteiger partial charge is 0.0145 e. The van der Waals surface area contributed by atoms with Crippen LogP contribution in [0.15, 0.2) is 12.4 Å². The molecule has 2 nitrogen and oxygen atoms in total. The zero-order valence-electron chi connectivity index (χ0n) is 4.89. The summed E-state index contributed by atoms with van der Waals surface area (Å²) in [5, 5.41) is 0. The first-order valence-corrected chi connectivity index (χ1v) is 2.40. The molecule has 0 aliphatic heterocycles. The SMILES string of the molecule is CCN(C)/C=C\N. The summed E-state index contributed by atoms with van der Waals surface area (Å²) in [6.45, 7) is 3.08. The molecule has 0 unspecified atom stereocenters. The van der Waals surface area contributed by atoms with Gasteiger partial charge >= 0.3 is 0 Å². The maximum atomic E-state index is 5.08. The first kappa shape index (κ1) is 6.34. The van der Waals surface area contributed by atoms with Gasteiger partial charge in [0.2, 0.25) is 0 Å². The Morgan fingerprint density at radius 3 is 2.43 bits per heavy atom. The molecule has 0 aromatic rings. The maximum absolute atomic E-state index is 5.08. The van der Waals surface area contributed by atoms with E-state index in [0.29, 0.717) is 0 Å². The van der Waals surface area contributed by atoms with Crippen LogP contribution in [-0.4, -0.2) is 18.5 Å². The topological polar surface area (TPSA) is 29.3 Å². The second kappa shape index (κ2) is 3.53. The van der Waals surface area contributed by atoms with Crippen molar-refractivity contribution in [3.8, 4) is 0 Å². The van der Waals surface area contributed by atoms with Gasteiger partial charge in [-0.25, -0.2) is 0 Å². The lowest BCUT2D eigenvalue weighted by atomic mass is 10.6. The summed E-state index contributed by atoms with van der Waals surface area (Å²) in [5.41, 5.74) is 5.08. The quantitative estimate of drug-likeness (QED) is 0.543. The van der Waals surface area contributed by atoms with Crippen LogP contribution in [0, 0.1) is 0 Å². The third-order valence-corrected chi connectivity index (χ3v) is 0.839. The number of nitrogens with two attached hydrogens (primary N) is 1. The minimum absolute atomic E-state index is 1.01. The predicted octanol–water partition coefficient (Wildman–Crippen LogP) is 0.368. The fourth-order valence-corrected chi connectivity index (χ4v) is 0.252. The second-order valence-electron chi connectivity index (χ2n) is 1.41. The van der Waals surface area contributed by atoms with Crippen molar-refractivity contribution in [2.75, 3.05) is 13.6 Å². The van der Waals surface area contributed by atoms with E-state index in [9.17, 15) is 0 Å². The molecule has 0 rings (SSSR count). The van der Waals surface area contributed by atoms with Gasteiger partial charge in [0.15, 0.2) is 0 Å². The summed E-state index contributed by atoms with van der Waals surface area (Å²) in [6.07, 6.45) is 3.36. The van der Waals surface area contributed by atoms with Gasteiger partial charge in [0, 0.05) is 26.0 Å². The molecule has 7 heavy (non-hydrogen) atoms. The summed E-state index contributed by atoms with van der Waals surface area (Å²) in [4.78, 5) is 2.00. The highest BCUT2D eigenvalue weighted by atomic mass is 15.1. The summed E-state index contributed by atoms with van der Waals surface area (Å²) >= 11 is 0. The number of nitrogens with zero attached hydrogens (tertiary/aromatic N) is 1. The number of hydrogen-bond donors (Lipinski definition) is 1. The average Bonchev–Trinajstić information content (AvgIpc) is 1.68. The molecule has 0 aromatic carbocycles. The van der Waals surface area contributed by atoms with E-state index in [2.05, 4.69) is 6.92 Å². The molecular formula is C5H12N2. The molecule has 0 radical (unpaired) electrons. The van der Waals surface area contributed by atoms with Crippen LogP contribution in [0.4, 0.5) is 0 Å². The highest BCUT2D eigenvalue weighted by molar-refractivity contribution is 4.72. The van der Waals surface area contributed by atoms with Crippen LogP contribution >= 0.6 is 0 Å². The molecule has 0 aromatic heterocycles. The van der Waals surface area contributed by atoms with Crippen molar-refractivity contribution in [3.05, 3.63) is 12.4 Å². The zero-order chi connectivity index (χ0) is 5.70. The molecule has 0 bridgehead atoms. The molecule has 2 heteroatoms. The van der Waals surface area contributed by atoms with Crippen molar-refractivity contribution < 1.29 is 0 Å². The Balaban J connectivity index is 3.16. The third-order valence-electron chi connectivity index (χ3n) is 0.839. The van der Waals surface area contributed by atoms with Crippen LogP contribution < -0.4 is 5.73 Å². The van der Waals surface area contributed by atoms with E-state index in [1.165, 1.54) is 6.20 Å². The fourth-order valence-electron chi connectivity index (χ4n) is 0.252. The van der Waals surface area contributed by atoms with Crippen molar-refractivity contribution in [2.45, 2.75) is 6.92 Å². The van der Waals surface area contributed by atoms with E-state index < -0.39 is 0 Å². The molecular weight excluding hydrogens is 88.1 g/mol. The van der Waals surface area contributed by atoms with Crippen LogP contribution in [0.2, 0.25) is 0 Å². The summed E-state index contributed by atoms with van der Waals surface area (Å²) in [6, 6.07) is 0. The van der Waals surface area contributed by atoms with Crippen LogP contribution in [0.25, 0.3) is 0 Å². The lowest BCUT2D eigenvalue weighted by Gasteiger charge is -2.07. The molecule has 0 heterocycles. The minimum Gasteiger partial charge on any atom is -0.403 e. The van der Waals surface area contributed by atoms with E-state index in [-0.39, 0.29) is 0 Å². The van der Waals surface area contributed by atoms with E-state index in [4.69, 9.17) is 5.73 Å². The summed E-state index contributed by atoms with van der Waals surface area (Å²) < 4.78 is 0. The first-order valence-electron chi connectivity index (χ1n) is 2.40. The van der Waals surface area contributed by atoms with Crippen LogP contribution in [0.5, 0.6) is 0 Å². The van der Waals surface area contributed by atoms with Gasteiger partial charge in [-0.05, 0) is 6.92 Å². The number of rotatable bonds is 2. The predicted molar refractivity (Wildman–Crippen MR) is 31.6 cm³/mol. The lowest BCUT2D eigenvalue weighted by molar-refractivity contribution is 0.483. The van der Waals surface area contributed by atoms with E-state index in [1.807, 2.05) is 18.1 Å². The highest BCUT2D eigenvalue weighted by Gasteiger charge is 1.76. The number of hydrogen-bond acceptors (Lipinski definition) is 2. The van der Waals surface area contributed by atoms with Gasteiger partial charge in [-0.15, -0.1) is 0 Å². The van der Waals surface area contributed by atoms with Crippen molar-refractivity contribution in [1.29, 1.82) is 0 Å². The minimum atomic E-state index is 1.01. The molecule has 42 valence electrons. The molecule has 0 amide bonds. The molecule has 0 saturated carbocycles. The van der Waals surface area contributed by atoms with Crippen molar-refractivity contribution in [2.24, 2.45) is 5.73 Å². The van der Waals surface area contributed by atoms with Crippen LogP contribution in [-0.2, 0) is 0 Å². The van der Waals surface area contributed by atoms with Gasteiger partial charge in [-0.2, -0.15) is 0 Å². The highest BCUT2D eigenvalue weighted by Crippen LogP contribution is 1.76. The van der Waals surface area contributed by atoms with Gasteiger partial charge in [0.25, 0.3) is 0 Å². The molecule has 0 atom stereocenters. The third kappa shape index (κ3) is 3.16. The molecule has 0 saturated heterocycles. The Hall–Kier alpha value is -0.660. The normalized spacial score (nSPS) is 10.0. The summed E-state index contributed by atoms with van der Waals surface area (Å²) in [5.74, 6) is 0. The maximum Gasteiger partial charge on any atom is 0.0145 e. The second-order valence-corrected chi connectivity index (χ2v) is 1.41. The van der Waals surface area contributed by atoms with Gasteiger partial charge in [-0.3, -0.25) is 0 Å².